The second-order valence-corrected chi connectivity index (χ2v) is 7.88. The summed E-state index contributed by atoms with van der Waals surface area (Å²) in [5.74, 6) is 0.786. The molecule has 7 nitrogen and oxygen atoms in total. The van der Waals surface area contributed by atoms with Gasteiger partial charge in [-0.2, -0.15) is 0 Å². The Balaban J connectivity index is 1.59. The van der Waals surface area contributed by atoms with E-state index >= 15 is 0 Å². The van der Waals surface area contributed by atoms with Gasteiger partial charge in [-0.05, 0) is 49.8 Å². The van der Waals surface area contributed by atoms with E-state index in [1.165, 1.54) is 0 Å². The first-order chi connectivity index (χ1) is 14.9. The minimum Gasteiger partial charge on any atom is -0.495 e. The van der Waals surface area contributed by atoms with E-state index in [1.807, 2.05) is 48.9 Å². The van der Waals surface area contributed by atoms with Gasteiger partial charge in [0, 0.05) is 12.4 Å². The van der Waals surface area contributed by atoms with Gasteiger partial charge in [0.25, 0.3) is 5.91 Å². The molecule has 3 aromatic rings. The van der Waals surface area contributed by atoms with Gasteiger partial charge in [0.1, 0.15) is 11.9 Å². The van der Waals surface area contributed by atoms with Crippen LogP contribution in [0, 0.1) is 6.92 Å². The predicted octanol–water partition coefficient (Wildman–Crippen LogP) is 4.03. The summed E-state index contributed by atoms with van der Waals surface area (Å²) in [6, 6.07) is 9.31. The third kappa shape index (κ3) is 4.72. The van der Waals surface area contributed by atoms with Crippen LogP contribution in [0.15, 0.2) is 54.8 Å². The molecule has 2 aromatic heterocycles. The molecule has 1 aliphatic heterocycles. The van der Waals surface area contributed by atoms with Crippen molar-refractivity contribution in [2.75, 3.05) is 13.7 Å². The first kappa shape index (κ1) is 20.9. The number of ether oxygens (including phenoxy) is 2. The molecule has 1 atom stereocenters. The Morgan fingerprint density at radius 3 is 2.81 bits per heavy atom. The van der Waals surface area contributed by atoms with E-state index in [9.17, 15) is 4.79 Å². The molecule has 1 amide bonds. The number of hydrogen-bond donors (Lipinski definition) is 0. The summed E-state index contributed by atoms with van der Waals surface area (Å²) in [4.78, 5) is 23.3. The number of amides is 1. The molecule has 1 aromatic carbocycles. The SMILES string of the molecule is COc1cc(/C=C2\O[C@@H](C)CN(Cc3ccc(Cl)cn3)C2=O)ccc1-n1cnc(C)c1. The van der Waals surface area contributed by atoms with E-state index in [-0.39, 0.29) is 12.0 Å². The fourth-order valence-electron chi connectivity index (χ4n) is 3.48. The second-order valence-electron chi connectivity index (χ2n) is 7.44. The van der Waals surface area contributed by atoms with Gasteiger partial charge >= 0.3 is 0 Å². The molecule has 0 spiro atoms. The molecule has 3 heterocycles. The van der Waals surface area contributed by atoms with Gasteiger partial charge in [0.05, 0.1) is 48.6 Å². The highest BCUT2D eigenvalue weighted by Crippen LogP contribution is 2.27. The Labute approximate surface area is 185 Å². The van der Waals surface area contributed by atoms with Gasteiger partial charge in [0.15, 0.2) is 5.76 Å². The molecule has 0 bridgehead atoms. The van der Waals surface area contributed by atoms with Gasteiger partial charge < -0.3 is 18.9 Å². The Morgan fingerprint density at radius 2 is 2.13 bits per heavy atom. The number of hydrogen-bond acceptors (Lipinski definition) is 5. The Hall–Kier alpha value is -3.32. The molecule has 0 saturated carbocycles. The molecule has 1 aliphatic rings. The summed E-state index contributed by atoms with van der Waals surface area (Å²) < 4.78 is 13.3. The van der Waals surface area contributed by atoms with E-state index in [0.29, 0.717) is 29.6 Å². The van der Waals surface area contributed by atoms with Gasteiger partial charge in [-0.25, -0.2) is 4.98 Å². The van der Waals surface area contributed by atoms with Gasteiger partial charge in [0.2, 0.25) is 0 Å². The third-order valence-electron chi connectivity index (χ3n) is 4.94. The summed E-state index contributed by atoms with van der Waals surface area (Å²) in [5.41, 5.74) is 3.36. The average molecular weight is 439 g/mol. The van der Waals surface area contributed by atoms with Gasteiger partial charge in [-0.15, -0.1) is 0 Å². The minimum absolute atomic E-state index is 0.133. The van der Waals surface area contributed by atoms with E-state index in [1.54, 1.807) is 36.7 Å². The highest BCUT2D eigenvalue weighted by atomic mass is 35.5. The lowest BCUT2D eigenvalue weighted by molar-refractivity contribution is -0.139. The van der Waals surface area contributed by atoms with Crippen LogP contribution in [0.4, 0.5) is 0 Å². The maximum atomic E-state index is 13.0. The largest absolute Gasteiger partial charge is 0.495 e. The zero-order valence-electron chi connectivity index (χ0n) is 17.6. The molecule has 1 fully saturated rings. The summed E-state index contributed by atoms with van der Waals surface area (Å²) in [7, 11) is 1.62. The number of halogens is 1. The maximum Gasteiger partial charge on any atom is 0.289 e. The number of aryl methyl sites for hydroxylation is 1. The molecule has 8 heteroatoms. The van der Waals surface area contributed by atoms with Crippen molar-refractivity contribution in [3.8, 4) is 11.4 Å². The minimum atomic E-state index is -0.178. The van der Waals surface area contributed by atoms with Crippen LogP contribution in [0.25, 0.3) is 11.8 Å². The summed E-state index contributed by atoms with van der Waals surface area (Å²) >= 11 is 5.91. The number of benzene rings is 1. The van der Waals surface area contributed by atoms with Crippen LogP contribution in [-0.2, 0) is 16.1 Å². The third-order valence-corrected chi connectivity index (χ3v) is 5.16. The molecular formula is C23H23ClN4O3. The van der Waals surface area contributed by atoms with Crippen molar-refractivity contribution >= 4 is 23.6 Å². The quantitative estimate of drug-likeness (QED) is 0.562. The highest BCUT2D eigenvalue weighted by Gasteiger charge is 2.29. The highest BCUT2D eigenvalue weighted by molar-refractivity contribution is 6.30. The molecule has 4 rings (SSSR count). The van der Waals surface area contributed by atoms with Crippen molar-refractivity contribution in [1.82, 2.24) is 19.4 Å². The lowest BCUT2D eigenvalue weighted by Gasteiger charge is -2.32. The number of rotatable bonds is 5. The van der Waals surface area contributed by atoms with Crippen LogP contribution in [0.3, 0.4) is 0 Å². The van der Waals surface area contributed by atoms with Gasteiger partial charge in [-0.1, -0.05) is 17.7 Å². The number of carbonyl (C=O) groups excluding carboxylic acids is 1. The van der Waals surface area contributed by atoms with Crippen LogP contribution < -0.4 is 4.74 Å². The second kappa shape index (κ2) is 8.81. The first-order valence-corrected chi connectivity index (χ1v) is 10.3. The van der Waals surface area contributed by atoms with Crippen LogP contribution in [0.5, 0.6) is 5.75 Å². The molecule has 160 valence electrons. The van der Waals surface area contributed by atoms with Crippen molar-refractivity contribution in [2.24, 2.45) is 0 Å². The molecule has 1 saturated heterocycles. The molecule has 31 heavy (non-hydrogen) atoms. The van der Waals surface area contributed by atoms with Gasteiger partial charge in [-0.3, -0.25) is 9.78 Å². The van der Waals surface area contributed by atoms with Crippen molar-refractivity contribution < 1.29 is 14.3 Å². The standard InChI is InChI=1S/C23H23ClN4O3/c1-15-11-28(14-26-15)20-7-4-17(8-21(20)30-3)9-22-23(29)27(12-16(2)31-22)13-19-6-5-18(24)10-25-19/h4-11,14,16H,12-13H2,1-3H3/b22-9-/t16-/m0/s1. The monoisotopic (exact) mass is 438 g/mol. The smallest absolute Gasteiger partial charge is 0.289 e. The summed E-state index contributed by atoms with van der Waals surface area (Å²) in [6.45, 7) is 4.75. The predicted molar refractivity (Wildman–Crippen MR) is 118 cm³/mol. The summed E-state index contributed by atoms with van der Waals surface area (Å²) in [6.07, 6.45) is 6.85. The Morgan fingerprint density at radius 1 is 1.29 bits per heavy atom. The number of morpholine rings is 1. The van der Waals surface area contributed by atoms with Crippen LogP contribution in [0.1, 0.15) is 23.9 Å². The fourth-order valence-corrected chi connectivity index (χ4v) is 3.59. The van der Waals surface area contributed by atoms with Crippen LogP contribution >= 0.6 is 11.6 Å². The molecular weight excluding hydrogens is 416 g/mol. The number of pyridine rings is 1. The van der Waals surface area contributed by atoms with E-state index in [4.69, 9.17) is 21.1 Å². The average Bonchev–Trinajstić information content (AvgIpc) is 3.19. The fraction of sp³-hybridized carbons (Fsp3) is 0.261. The summed E-state index contributed by atoms with van der Waals surface area (Å²) in [5, 5.41) is 0.564. The number of imidazole rings is 1. The molecule has 0 radical (unpaired) electrons. The van der Waals surface area contributed by atoms with Crippen molar-refractivity contribution in [3.63, 3.8) is 0 Å². The molecule has 0 aliphatic carbocycles. The number of carbonyl (C=O) groups is 1. The van der Waals surface area contributed by atoms with E-state index in [0.717, 1.165) is 22.6 Å². The lowest BCUT2D eigenvalue weighted by Crippen LogP contribution is -2.43. The van der Waals surface area contributed by atoms with Crippen LogP contribution in [-0.4, -0.2) is 45.1 Å². The van der Waals surface area contributed by atoms with Crippen LogP contribution in [0.2, 0.25) is 5.02 Å². The number of nitrogens with zero attached hydrogens (tertiary/aromatic N) is 4. The molecule has 0 unspecified atom stereocenters. The van der Waals surface area contributed by atoms with E-state index in [2.05, 4.69) is 9.97 Å². The molecule has 0 N–H and O–H groups in total. The number of aromatic nitrogens is 3. The topological polar surface area (TPSA) is 69.5 Å². The lowest BCUT2D eigenvalue weighted by atomic mass is 10.1. The normalized spacial score (nSPS) is 17.7. The number of methoxy groups -OCH3 is 1. The zero-order valence-corrected chi connectivity index (χ0v) is 18.3. The van der Waals surface area contributed by atoms with Crippen molar-refractivity contribution in [1.29, 1.82) is 0 Å². The van der Waals surface area contributed by atoms with E-state index < -0.39 is 0 Å². The van der Waals surface area contributed by atoms with Crippen molar-refractivity contribution in [3.05, 3.63) is 76.8 Å². The van der Waals surface area contributed by atoms with Crippen molar-refractivity contribution in [2.45, 2.75) is 26.5 Å². The Bertz CT molecular complexity index is 1120. The zero-order chi connectivity index (χ0) is 22.0. The first-order valence-electron chi connectivity index (χ1n) is 9.90. The Kier molecular flexibility index (Phi) is 5.95. The maximum absolute atomic E-state index is 13.0.